The second-order valence-corrected chi connectivity index (χ2v) is 36.1. The van der Waals surface area contributed by atoms with Crippen molar-refractivity contribution in [1.29, 1.82) is 0 Å². The van der Waals surface area contributed by atoms with Crippen molar-refractivity contribution >= 4 is 0 Å². The molecule has 16 unspecified atom stereocenters. The van der Waals surface area contributed by atoms with Crippen molar-refractivity contribution in [2.24, 2.45) is 21.7 Å². The van der Waals surface area contributed by atoms with E-state index < -0.39 is 35.7 Å². The van der Waals surface area contributed by atoms with Gasteiger partial charge in [0.25, 0.3) is 0 Å². The summed E-state index contributed by atoms with van der Waals surface area (Å²) in [5, 5.41) is 42.2. The SMILES string of the molecule is CCCCCC(O)C1CC(OCC2COC(C)(C)O2)C(C(C)(C)C)O1.CCCCCC1OC(C(OCC2CCC(C)(C)O2)C(C)(C)C)CC1O.CCCCCCCCC(O)C(OCC1COC(C)(C)O1)C(C)(C)C.CCCCCCCCC(OCC1COC(C)(C)O1)C(O)C(C)(C)C. The summed E-state index contributed by atoms with van der Waals surface area (Å²) in [5.41, 5.74) is -0.378. The number of aliphatic hydroxyl groups is 4. The highest BCUT2D eigenvalue weighted by Gasteiger charge is 2.47. The smallest absolute Gasteiger partial charge is 0.163 e. The van der Waals surface area contributed by atoms with E-state index in [0.717, 1.165) is 83.5 Å². The summed E-state index contributed by atoms with van der Waals surface area (Å²) >= 11 is 0. The van der Waals surface area contributed by atoms with Crippen molar-refractivity contribution < 1.29 is 82.0 Å². The van der Waals surface area contributed by atoms with Crippen LogP contribution in [0, 0.1) is 21.7 Å². The quantitative estimate of drug-likeness (QED) is 0.0425. The van der Waals surface area contributed by atoms with Gasteiger partial charge in [0.1, 0.15) is 18.3 Å². The van der Waals surface area contributed by atoms with Crippen LogP contribution < -0.4 is 0 Å². The van der Waals surface area contributed by atoms with Crippen LogP contribution in [0.2, 0.25) is 0 Å². The van der Waals surface area contributed by atoms with Gasteiger partial charge in [0, 0.05) is 12.8 Å². The summed E-state index contributed by atoms with van der Waals surface area (Å²) in [6.07, 6.45) is 26.6. The molecule has 0 aliphatic carbocycles. The highest BCUT2D eigenvalue weighted by Crippen LogP contribution is 2.40. The molecule has 0 amide bonds. The van der Waals surface area contributed by atoms with Crippen LogP contribution in [-0.2, 0) is 61.6 Å². The summed E-state index contributed by atoms with van der Waals surface area (Å²) in [6, 6.07) is 0. The topological polar surface area (TPSA) is 201 Å². The number of unbranched alkanes of at least 4 members (excludes halogenated alkanes) is 14. The molecule has 0 aromatic heterocycles. The fourth-order valence-corrected chi connectivity index (χ4v) is 14.2. The van der Waals surface area contributed by atoms with E-state index in [2.05, 4.69) is 125 Å². The molecule has 584 valence electrons. The van der Waals surface area contributed by atoms with Gasteiger partial charge in [-0.1, -0.05) is 226 Å². The fourth-order valence-electron chi connectivity index (χ4n) is 14.2. The third-order valence-electron chi connectivity index (χ3n) is 19.9. The molecule has 0 bridgehead atoms. The average molecular weight is 1400 g/mol. The van der Waals surface area contributed by atoms with E-state index in [-0.39, 0.29) is 107 Å². The predicted octanol–water partition coefficient (Wildman–Crippen LogP) is 17.5. The van der Waals surface area contributed by atoms with Crippen molar-refractivity contribution in [2.75, 3.05) is 46.2 Å². The zero-order valence-electron chi connectivity index (χ0n) is 67.7. The standard InChI is InChI=1S/C21H40O4.C20H38O5.2C20H40O4/c1-7-8-9-10-17-16(22)13-18(24-17)19(20(2,3)4)23-14-15-11-12-21(5,6)25-15;1-7-8-9-10-15(21)16-11-17(18(24-16)19(2,3)4)22-12-14-13-23-20(5,6)25-14;1-7-8-9-10-11-12-13-17(18(21)19(2,3)4)22-14-16-15-23-20(5,6)24-16;1-7-8-9-10-11-12-13-17(21)18(19(2,3)4)22-14-16-15-23-20(5,6)24-16/h15-19,22H,7-14H2,1-6H3;14-18,21H,7-13H2,1-6H3;2*16-18,21H,7-15H2,1-6H3. The molecule has 6 heterocycles. The lowest BCUT2D eigenvalue weighted by atomic mass is 9.84. The number of aliphatic hydroxyl groups excluding tert-OH is 4. The zero-order valence-corrected chi connectivity index (χ0v) is 67.7. The van der Waals surface area contributed by atoms with Gasteiger partial charge in [-0.25, -0.2) is 0 Å². The van der Waals surface area contributed by atoms with Gasteiger partial charge in [-0.15, -0.1) is 0 Å². The van der Waals surface area contributed by atoms with Gasteiger partial charge in [-0.3, -0.25) is 0 Å². The summed E-state index contributed by atoms with van der Waals surface area (Å²) in [5.74, 6) is -1.57. The second kappa shape index (κ2) is 43.8. The summed E-state index contributed by atoms with van der Waals surface area (Å²) in [6.45, 7) is 54.0. The monoisotopic (exact) mass is 1400 g/mol. The van der Waals surface area contributed by atoms with Gasteiger partial charge in [-0.2, -0.15) is 0 Å². The van der Waals surface area contributed by atoms with Gasteiger partial charge >= 0.3 is 0 Å². The Kier molecular flexibility index (Phi) is 40.9. The minimum Gasteiger partial charge on any atom is -0.390 e. The van der Waals surface area contributed by atoms with E-state index in [0.29, 0.717) is 52.7 Å². The molecular formula is C81H158O17. The number of hydrogen-bond acceptors (Lipinski definition) is 17. The Bertz CT molecular complexity index is 2040. The van der Waals surface area contributed by atoms with Gasteiger partial charge in [0.15, 0.2) is 17.4 Å². The first kappa shape index (κ1) is 91.5. The van der Waals surface area contributed by atoms with Gasteiger partial charge in [-0.05, 0) is 116 Å². The Morgan fingerprint density at radius 2 is 0.918 bits per heavy atom. The summed E-state index contributed by atoms with van der Waals surface area (Å²) in [4.78, 5) is 0. The molecule has 6 saturated heterocycles. The third kappa shape index (κ3) is 36.1. The first-order valence-corrected chi connectivity index (χ1v) is 39.7. The maximum absolute atomic E-state index is 10.7. The van der Waals surface area contributed by atoms with Crippen LogP contribution in [-0.4, -0.2) is 187 Å². The average Bonchev–Trinajstić information content (AvgIpc) is 1.66. The van der Waals surface area contributed by atoms with Gasteiger partial charge in [0.2, 0.25) is 0 Å². The van der Waals surface area contributed by atoms with Gasteiger partial charge in [0.05, 0.1) is 131 Å². The first-order chi connectivity index (χ1) is 45.6. The zero-order chi connectivity index (χ0) is 73.8. The molecule has 6 rings (SSSR count). The molecule has 6 fully saturated rings. The molecule has 98 heavy (non-hydrogen) atoms. The molecule has 16 atom stereocenters. The summed E-state index contributed by atoms with van der Waals surface area (Å²) in [7, 11) is 0. The highest BCUT2D eigenvalue weighted by molar-refractivity contribution is 4.95. The largest absolute Gasteiger partial charge is 0.390 e. The molecule has 0 aromatic rings. The lowest BCUT2D eigenvalue weighted by Gasteiger charge is -2.35. The molecule has 6 aliphatic heterocycles. The van der Waals surface area contributed by atoms with Crippen molar-refractivity contribution in [3.05, 3.63) is 0 Å². The lowest BCUT2D eigenvalue weighted by molar-refractivity contribution is -0.159. The molecular weight excluding hydrogens is 1240 g/mol. The van der Waals surface area contributed by atoms with E-state index in [1.54, 1.807) is 0 Å². The van der Waals surface area contributed by atoms with Crippen molar-refractivity contribution in [3.63, 3.8) is 0 Å². The molecule has 4 N–H and O–H groups in total. The molecule has 17 nitrogen and oxygen atoms in total. The van der Waals surface area contributed by atoms with E-state index >= 15 is 0 Å². The minimum atomic E-state index is -0.526. The third-order valence-corrected chi connectivity index (χ3v) is 19.9. The Hall–Kier alpha value is -0.680. The molecule has 0 saturated carbocycles. The molecule has 0 spiro atoms. The number of hydrogen-bond donors (Lipinski definition) is 4. The maximum Gasteiger partial charge on any atom is 0.163 e. The van der Waals surface area contributed by atoms with Crippen molar-refractivity contribution in [1.82, 2.24) is 0 Å². The van der Waals surface area contributed by atoms with Crippen molar-refractivity contribution in [2.45, 2.75) is 454 Å². The number of ether oxygens (including phenoxy) is 13. The van der Waals surface area contributed by atoms with Crippen LogP contribution in [0.15, 0.2) is 0 Å². The Morgan fingerprint density at radius 3 is 1.38 bits per heavy atom. The molecule has 0 radical (unpaired) electrons. The van der Waals surface area contributed by atoms with Crippen LogP contribution in [0.3, 0.4) is 0 Å². The van der Waals surface area contributed by atoms with Crippen LogP contribution in [0.1, 0.15) is 333 Å². The first-order valence-electron chi connectivity index (χ1n) is 39.7. The van der Waals surface area contributed by atoms with Crippen molar-refractivity contribution in [3.8, 4) is 0 Å². The predicted molar refractivity (Wildman–Crippen MR) is 395 cm³/mol. The second-order valence-electron chi connectivity index (χ2n) is 36.1. The van der Waals surface area contributed by atoms with E-state index in [1.165, 1.54) is 77.0 Å². The maximum atomic E-state index is 10.7. The van der Waals surface area contributed by atoms with Gasteiger partial charge < -0.3 is 82.0 Å². The van der Waals surface area contributed by atoms with E-state index in [4.69, 9.17) is 61.6 Å². The summed E-state index contributed by atoms with van der Waals surface area (Å²) < 4.78 is 77.4. The van der Waals surface area contributed by atoms with Crippen LogP contribution >= 0.6 is 0 Å². The van der Waals surface area contributed by atoms with Crippen LogP contribution in [0.5, 0.6) is 0 Å². The Labute approximate surface area is 601 Å². The molecule has 6 aliphatic rings. The Morgan fingerprint density at radius 1 is 0.459 bits per heavy atom. The lowest BCUT2D eigenvalue weighted by Crippen LogP contribution is -2.42. The normalized spacial score (nSPS) is 28.7. The Balaban J connectivity index is 0.000000340. The van der Waals surface area contributed by atoms with Crippen LogP contribution in [0.4, 0.5) is 0 Å². The van der Waals surface area contributed by atoms with E-state index in [9.17, 15) is 20.4 Å². The molecule has 0 aromatic carbocycles. The van der Waals surface area contributed by atoms with Crippen LogP contribution in [0.25, 0.3) is 0 Å². The van der Waals surface area contributed by atoms with E-state index in [1.807, 2.05) is 41.5 Å². The molecule has 17 heteroatoms. The minimum absolute atomic E-state index is 0.0156. The highest BCUT2D eigenvalue weighted by atomic mass is 16.8. The fraction of sp³-hybridized carbons (Fsp3) is 1.00. The number of rotatable bonds is 38.